The summed E-state index contributed by atoms with van der Waals surface area (Å²) in [6.07, 6.45) is 4.75. The summed E-state index contributed by atoms with van der Waals surface area (Å²) in [5.41, 5.74) is 7.90. The van der Waals surface area contributed by atoms with Crippen molar-refractivity contribution in [2.45, 2.75) is 37.8 Å². The van der Waals surface area contributed by atoms with Crippen LogP contribution in [0.2, 0.25) is 0 Å². The van der Waals surface area contributed by atoms with Gasteiger partial charge < -0.3 is 26.1 Å². The van der Waals surface area contributed by atoms with Gasteiger partial charge in [0.15, 0.2) is 0 Å². The number of fused-ring (bicyclic) bond motifs is 2. The van der Waals surface area contributed by atoms with Gasteiger partial charge in [0.2, 0.25) is 0 Å². The second kappa shape index (κ2) is 10.1. The number of aromatic carboxylic acids is 1. The molecule has 0 unspecified atom stereocenters. The van der Waals surface area contributed by atoms with Crippen LogP contribution in [-0.2, 0) is 0 Å². The van der Waals surface area contributed by atoms with E-state index >= 15 is 0 Å². The van der Waals surface area contributed by atoms with E-state index in [1.54, 1.807) is 6.07 Å². The number of aromatic nitrogens is 2. The van der Waals surface area contributed by atoms with Crippen molar-refractivity contribution in [1.29, 1.82) is 0 Å². The van der Waals surface area contributed by atoms with Crippen LogP contribution in [0.15, 0.2) is 57.5 Å². The Morgan fingerprint density at radius 1 is 0.848 bits per heavy atom. The molecule has 2 heterocycles. The summed E-state index contributed by atoms with van der Waals surface area (Å²) in [7, 11) is 0. The second-order valence-electron chi connectivity index (χ2n) is 8.22. The van der Waals surface area contributed by atoms with Gasteiger partial charge in [-0.1, -0.05) is 31.9 Å². The van der Waals surface area contributed by atoms with Crippen molar-refractivity contribution in [2.75, 3.05) is 0 Å². The van der Waals surface area contributed by atoms with E-state index in [9.17, 15) is 9.59 Å². The van der Waals surface area contributed by atoms with Crippen LogP contribution >= 0.6 is 31.9 Å². The lowest BCUT2D eigenvalue weighted by molar-refractivity contribution is 0.0691. The van der Waals surface area contributed by atoms with Crippen LogP contribution < -0.4 is 11.1 Å². The van der Waals surface area contributed by atoms with Crippen LogP contribution in [0.3, 0.4) is 0 Å². The number of hydrogen-bond donors (Lipinski definition) is 5. The van der Waals surface area contributed by atoms with Gasteiger partial charge in [-0.25, -0.2) is 4.79 Å². The molecule has 0 radical (unpaired) electrons. The molecule has 1 amide bonds. The summed E-state index contributed by atoms with van der Waals surface area (Å²) >= 11 is 6.73. The molecule has 2 aromatic carbocycles. The smallest absolute Gasteiger partial charge is 0.352 e. The highest BCUT2D eigenvalue weighted by atomic mass is 79.9. The van der Waals surface area contributed by atoms with E-state index in [1.807, 2.05) is 42.5 Å². The van der Waals surface area contributed by atoms with Crippen molar-refractivity contribution >= 4 is 65.5 Å². The van der Waals surface area contributed by atoms with E-state index in [0.717, 1.165) is 43.6 Å². The third-order valence-corrected chi connectivity index (χ3v) is 6.16. The molecule has 2 fully saturated rings. The van der Waals surface area contributed by atoms with E-state index in [-0.39, 0.29) is 11.6 Å². The first-order valence-electron chi connectivity index (χ1n) is 10.6. The molecule has 2 aliphatic rings. The van der Waals surface area contributed by atoms with E-state index in [4.69, 9.17) is 10.8 Å². The van der Waals surface area contributed by atoms with E-state index in [1.165, 1.54) is 12.8 Å². The number of H-pyrrole nitrogens is 2. The van der Waals surface area contributed by atoms with Crippen LogP contribution in [-0.4, -0.2) is 39.0 Å². The molecule has 0 spiro atoms. The number of hydrogen-bond acceptors (Lipinski definition) is 3. The molecule has 7 nitrogen and oxygen atoms in total. The van der Waals surface area contributed by atoms with Gasteiger partial charge in [0.1, 0.15) is 11.4 Å². The predicted molar refractivity (Wildman–Crippen MR) is 137 cm³/mol. The summed E-state index contributed by atoms with van der Waals surface area (Å²) in [5, 5.41) is 13.6. The Labute approximate surface area is 207 Å². The van der Waals surface area contributed by atoms with Crippen molar-refractivity contribution in [3.63, 3.8) is 0 Å². The summed E-state index contributed by atoms with van der Waals surface area (Å²) < 4.78 is 1.96. The van der Waals surface area contributed by atoms with Gasteiger partial charge in [-0.15, -0.1) is 0 Å². The maximum Gasteiger partial charge on any atom is 0.352 e. The molecule has 172 valence electrons. The quantitative estimate of drug-likeness (QED) is 0.219. The summed E-state index contributed by atoms with van der Waals surface area (Å²) in [4.78, 5) is 28.3. The van der Waals surface area contributed by atoms with Crippen molar-refractivity contribution in [3.8, 4) is 0 Å². The molecule has 2 saturated carbocycles. The molecular weight excluding hydrogens is 552 g/mol. The molecule has 0 atom stereocenters. The Balaban J connectivity index is 0.000000137. The molecule has 4 aromatic rings. The number of amides is 1. The maximum absolute atomic E-state index is 11.8. The Bertz CT molecular complexity index is 1310. The van der Waals surface area contributed by atoms with Gasteiger partial charge >= 0.3 is 5.97 Å². The fraction of sp³-hybridized carbons (Fsp3) is 0.250. The van der Waals surface area contributed by atoms with Gasteiger partial charge in [-0.3, -0.25) is 4.79 Å². The van der Waals surface area contributed by atoms with Crippen LogP contribution in [0.25, 0.3) is 21.8 Å². The number of nitrogens with two attached hydrogens (primary N) is 1. The lowest BCUT2D eigenvalue weighted by atomic mass is 10.2. The standard InChI is InChI=1S/C12H11BrN2O.C9H6BrNO2.C3H7N/c13-8-1-4-10-7(5-8)6-11(15-10)12(16)14-9-2-3-9;10-6-1-2-7-5(3-6)4-8(11-7)9(12)13;4-3-1-2-3/h1,4-6,9,15H,2-3H2,(H,14,16);1-4,11H,(H,12,13);3H,1-2,4H2. The number of carboxylic acid groups (broad SMARTS) is 1. The normalized spacial score (nSPS) is 14.8. The highest BCUT2D eigenvalue weighted by Gasteiger charge is 2.24. The summed E-state index contributed by atoms with van der Waals surface area (Å²) in [6.45, 7) is 0. The van der Waals surface area contributed by atoms with Crippen LogP contribution in [0.5, 0.6) is 0 Å². The fourth-order valence-electron chi connectivity index (χ4n) is 3.03. The van der Waals surface area contributed by atoms with Gasteiger partial charge in [0.25, 0.3) is 5.91 Å². The maximum atomic E-state index is 11.8. The SMILES string of the molecule is NC1CC1.O=C(NC1CC1)c1cc2cc(Br)ccc2[nH]1.O=C(O)c1cc2cc(Br)ccc2[nH]1. The minimum absolute atomic E-state index is 0.00479. The average Bonchev–Trinajstić information content (AvgIpc) is 3.66. The number of rotatable bonds is 3. The Hall–Kier alpha value is -2.62. The highest BCUT2D eigenvalue weighted by Crippen LogP contribution is 2.23. The lowest BCUT2D eigenvalue weighted by Gasteiger charge is -1.98. The fourth-order valence-corrected chi connectivity index (χ4v) is 3.79. The van der Waals surface area contributed by atoms with Crippen LogP contribution in [0.1, 0.15) is 46.7 Å². The number of benzene rings is 2. The van der Waals surface area contributed by atoms with Crippen LogP contribution in [0.4, 0.5) is 0 Å². The highest BCUT2D eigenvalue weighted by molar-refractivity contribution is 9.10. The molecule has 9 heteroatoms. The molecule has 33 heavy (non-hydrogen) atoms. The number of nitrogens with one attached hydrogen (secondary N) is 3. The van der Waals surface area contributed by atoms with Gasteiger partial charge in [-0.05, 0) is 74.2 Å². The molecule has 0 aliphatic heterocycles. The Kier molecular flexibility index (Phi) is 7.21. The first kappa shape index (κ1) is 23.5. The molecule has 2 aromatic heterocycles. The summed E-state index contributed by atoms with van der Waals surface area (Å²) in [5.74, 6) is -0.942. The van der Waals surface area contributed by atoms with E-state index in [0.29, 0.717) is 17.8 Å². The first-order chi connectivity index (χ1) is 15.8. The van der Waals surface area contributed by atoms with E-state index < -0.39 is 5.97 Å². The van der Waals surface area contributed by atoms with Gasteiger partial charge in [-0.2, -0.15) is 0 Å². The Morgan fingerprint density at radius 3 is 1.79 bits per heavy atom. The Morgan fingerprint density at radius 2 is 1.33 bits per heavy atom. The average molecular weight is 576 g/mol. The van der Waals surface area contributed by atoms with Gasteiger partial charge in [0, 0.05) is 42.8 Å². The molecule has 6 rings (SSSR count). The lowest BCUT2D eigenvalue weighted by Crippen LogP contribution is -2.25. The largest absolute Gasteiger partial charge is 0.477 e. The number of aromatic amines is 2. The number of halogens is 2. The molecule has 6 N–H and O–H groups in total. The summed E-state index contributed by atoms with van der Waals surface area (Å²) in [6, 6.07) is 16.0. The van der Waals surface area contributed by atoms with Crippen molar-refractivity contribution in [3.05, 3.63) is 68.9 Å². The topological polar surface area (TPSA) is 124 Å². The van der Waals surface area contributed by atoms with Crippen molar-refractivity contribution in [2.24, 2.45) is 5.73 Å². The van der Waals surface area contributed by atoms with Crippen molar-refractivity contribution in [1.82, 2.24) is 15.3 Å². The number of carbonyl (C=O) groups is 2. The molecule has 0 bridgehead atoms. The minimum atomic E-state index is -0.938. The molecule has 2 aliphatic carbocycles. The molecular formula is C24H24Br2N4O3. The first-order valence-corrected chi connectivity index (χ1v) is 12.2. The zero-order valence-corrected chi connectivity index (χ0v) is 20.9. The monoisotopic (exact) mass is 574 g/mol. The van der Waals surface area contributed by atoms with Crippen LogP contribution in [0, 0.1) is 0 Å². The number of carboxylic acids is 1. The second-order valence-corrected chi connectivity index (χ2v) is 10.1. The van der Waals surface area contributed by atoms with E-state index in [2.05, 4.69) is 47.1 Å². The predicted octanol–water partition coefficient (Wildman–Crippen LogP) is 5.56. The minimum Gasteiger partial charge on any atom is -0.477 e. The number of carbonyl (C=O) groups excluding carboxylic acids is 1. The third-order valence-electron chi connectivity index (χ3n) is 5.18. The van der Waals surface area contributed by atoms with Crippen molar-refractivity contribution < 1.29 is 14.7 Å². The molecule has 0 saturated heterocycles. The third kappa shape index (κ3) is 6.69. The van der Waals surface area contributed by atoms with Gasteiger partial charge in [0.05, 0.1) is 0 Å². The zero-order chi connectivity index (χ0) is 23.5. The zero-order valence-electron chi connectivity index (χ0n) is 17.7.